The van der Waals surface area contributed by atoms with Crippen LogP contribution in [0.5, 0.6) is 0 Å². The zero-order chi connectivity index (χ0) is 11.5. The normalized spacial score (nSPS) is 24.7. The molecule has 1 heterocycles. The second-order valence-corrected chi connectivity index (χ2v) is 5.45. The van der Waals surface area contributed by atoms with E-state index in [1.54, 1.807) is 0 Å². The average Bonchev–Trinajstić information content (AvgIpc) is 2.69. The lowest BCUT2D eigenvalue weighted by Crippen LogP contribution is -2.26. The third-order valence-electron chi connectivity index (χ3n) is 2.89. The molecule has 16 heavy (non-hydrogen) atoms. The summed E-state index contributed by atoms with van der Waals surface area (Å²) in [6, 6.07) is 1.61. The molecule has 2 unspecified atom stereocenters. The molecule has 5 heteroatoms. The Morgan fingerprint density at radius 1 is 1.56 bits per heavy atom. The number of hydrogen-bond acceptors (Lipinski definition) is 3. The lowest BCUT2D eigenvalue weighted by atomic mass is 10.2. The van der Waals surface area contributed by atoms with Crippen molar-refractivity contribution in [3.63, 3.8) is 0 Å². The molecule has 2 rings (SSSR count). The highest BCUT2D eigenvalue weighted by Crippen LogP contribution is 2.31. The van der Waals surface area contributed by atoms with Crippen molar-refractivity contribution in [1.29, 1.82) is 0 Å². The van der Waals surface area contributed by atoms with Crippen LogP contribution in [-0.4, -0.2) is 22.5 Å². The third kappa shape index (κ3) is 2.61. The van der Waals surface area contributed by atoms with E-state index in [0.29, 0.717) is 22.1 Å². The predicted molar refractivity (Wildman–Crippen MR) is 67.8 cm³/mol. The number of anilines is 1. The van der Waals surface area contributed by atoms with Crippen LogP contribution in [0.1, 0.15) is 19.3 Å². The Balaban J connectivity index is 2.08. The maximum Gasteiger partial charge on any atom is 0.166 e. The van der Waals surface area contributed by atoms with Crippen molar-refractivity contribution >= 4 is 29.2 Å². The van der Waals surface area contributed by atoms with E-state index in [1.165, 1.54) is 25.1 Å². The molecule has 0 amide bonds. The fourth-order valence-electron chi connectivity index (χ4n) is 2.07. The van der Waals surface area contributed by atoms with Crippen LogP contribution in [0.15, 0.2) is 12.3 Å². The average molecular weight is 261 g/mol. The molecule has 1 N–H and O–H groups in total. The van der Waals surface area contributed by atoms with Crippen molar-refractivity contribution in [1.82, 2.24) is 4.98 Å². The number of rotatable bonds is 3. The van der Waals surface area contributed by atoms with Gasteiger partial charge in [-0.05, 0) is 25.2 Å². The molecule has 1 aliphatic carbocycles. The van der Waals surface area contributed by atoms with Crippen molar-refractivity contribution in [2.75, 3.05) is 11.6 Å². The summed E-state index contributed by atoms with van der Waals surface area (Å²) < 4.78 is 13.5. The number of aromatic nitrogens is 1. The van der Waals surface area contributed by atoms with Gasteiger partial charge in [-0.2, -0.15) is 11.8 Å². The lowest BCUT2D eigenvalue weighted by molar-refractivity contribution is 0.618. The molecule has 0 saturated heterocycles. The van der Waals surface area contributed by atoms with E-state index in [1.807, 2.05) is 11.8 Å². The highest BCUT2D eigenvalue weighted by atomic mass is 35.5. The van der Waals surface area contributed by atoms with Gasteiger partial charge in [0, 0.05) is 17.5 Å². The van der Waals surface area contributed by atoms with Gasteiger partial charge in [0.2, 0.25) is 0 Å². The van der Waals surface area contributed by atoms with E-state index in [0.717, 1.165) is 6.42 Å². The van der Waals surface area contributed by atoms with Crippen LogP contribution in [-0.2, 0) is 0 Å². The van der Waals surface area contributed by atoms with Crippen molar-refractivity contribution in [3.05, 3.63) is 23.1 Å². The van der Waals surface area contributed by atoms with E-state index in [2.05, 4.69) is 16.6 Å². The SMILES string of the molecule is CSC1CCCC1Nc1ncc(Cl)cc1F. The minimum absolute atomic E-state index is 0.315. The molecule has 1 fully saturated rings. The Bertz CT molecular complexity index is 375. The molecule has 0 spiro atoms. The summed E-state index contributed by atoms with van der Waals surface area (Å²) in [7, 11) is 0. The maximum absolute atomic E-state index is 13.5. The summed E-state index contributed by atoms with van der Waals surface area (Å²) in [5, 5.41) is 4.05. The van der Waals surface area contributed by atoms with Crippen LogP contribution < -0.4 is 5.32 Å². The number of hydrogen-bond donors (Lipinski definition) is 1. The summed E-state index contributed by atoms with van der Waals surface area (Å²) in [6.45, 7) is 0. The minimum atomic E-state index is -0.376. The van der Waals surface area contributed by atoms with E-state index in [9.17, 15) is 4.39 Å². The number of halogens is 2. The summed E-state index contributed by atoms with van der Waals surface area (Å²) >= 11 is 7.49. The van der Waals surface area contributed by atoms with Gasteiger partial charge in [-0.3, -0.25) is 0 Å². The molecule has 1 aliphatic rings. The molecule has 88 valence electrons. The summed E-state index contributed by atoms with van der Waals surface area (Å²) in [5.74, 6) is -0.0606. The Hall–Kier alpha value is -0.480. The first-order valence-electron chi connectivity index (χ1n) is 5.31. The Morgan fingerprint density at radius 3 is 3.06 bits per heavy atom. The second-order valence-electron chi connectivity index (χ2n) is 3.94. The van der Waals surface area contributed by atoms with Crippen LogP contribution >= 0.6 is 23.4 Å². The number of nitrogens with zero attached hydrogens (tertiary/aromatic N) is 1. The van der Waals surface area contributed by atoms with Gasteiger partial charge in [-0.1, -0.05) is 18.0 Å². The highest BCUT2D eigenvalue weighted by Gasteiger charge is 2.27. The molecular formula is C11H14ClFN2S. The summed E-state index contributed by atoms with van der Waals surface area (Å²) in [4.78, 5) is 3.98. The summed E-state index contributed by atoms with van der Waals surface area (Å²) in [5.41, 5.74) is 0. The van der Waals surface area contributed by atoms with Gasteiger partial charge >= 0.3 is 0 Å². The fraction of sp³-hybridized carbons (Fsp3) is 0.545. The van der Waals surface area contributed by atoms with Crippen LogP contribution in [0, 0.1) is 5.82 Å². The molecule has 1 aromatic heterocycles. The van der Waals surface area contributed by atoms with Crippen molar-refractivity contribution in [2.24, 2.45) is 0 Å². The minimum Gasteiger partial charge on any atom is -0.364 e. The molecule has 1 saturated carbocycles. The smallest absolute Gasteiger partial charge is 0.166 e. The molecule has 0 radical (unpaired) electrons. The quantitative estimate of drug-likeness (QED) is 0.899. The maximum atomic E-state index is 13.5. The van der Waals surface area contributed by atoms with Gasteiger partial charge in [-0.25, -0.2) is 9.37 Å². The zero-order valence-electron chi connectivity index (χ0n) is 9.04. The standard InChI is InChI=1S/C11H14ClFN2S/c1-16-10-4-2-3-9(10)15-11-8(13)5-7(12)6-14-11/h5-6,9-10H,2-4H2,1H3,(H,14,15). The van der Waals surface area contributed by atoms with E-state index >= 15 is 0 Å². The van der Waals surface area contributed by atoms with Crippen LogP contribution in [0.25, 0.3) is 0 Å². The topological polar surface area (TPSA) is 24.9 Å². The first-order chi connectivity index (χ1) is 7.70. The lowest BCUT2D eigenvalue weighted by Gasteiger charge is -2.19. The highest BCUT2D eigenvalue weighted by molar-refractivity contribution is 7.99. The van der Waals surface area contributed by atoms with E-state index in [4.69, 9.17) is 11.6 Å². The van der Waals surface area contributed by atoms with Gasteiger partial charge in [0.15, 0.2) is 11.6 Å². The fourth-order valence-corrected chi connectivity index (χ4v) is 3.15. The Morgan fingerprint density at radius 2 is 2.38 bits per heavy atom. The van der Waals surface area contributed by atoms with E-state index < -0.39 is 0 Å². The van der Waals surface area contributed by atoms with Gasteiger partial charge in [0.25, 0.3) is 0 Å². The van der Waals surface area contributed by atoms with Crippen LogP contribution in [0.4, 0.5) is 10.2 Å². The predicted octanol–water partition coefficient (Wildman–Crippen LogP) is 3.57. The third-order valence-corrected chi connectivity index (χ3v) is 4.26. The number of thioether (sulfide) groups is 1. The second kappa shape index (κ2) is 5.23. The number of nitrogens with one attached hydrogen (secondary N) is 1. The van der Waals surface area contributed by atoms with Gasteiger partial charge < -0.3 is 5.32 Å². The van der Waals surface area contributed by atoms with Crippen LogP contribution in [0.3, 0.4) is 0 Å². The molecule has 2 atom stereocenters. The molecular weight excluding hydrogens is 247 g/mol. The first kappa shape index (κ1) is 12.0. The largest absolute Gasteiger partial charge is 0.364 e. The van der Waals surface area contributed by atoms with E-state index in [-0.39, 0.29) is 5.82 Å². The van der Waals surface area contributed by atoms with Crippen LogP contribution in [0.2, 0.25) is 5.02 Å². The molecule has 2 nitrogen and oxygen atoms in total. The van der Waals surface area contributed by atoms with Gasteiger partial charge in [0.1, 0.15) is 0 Å². The van der Waals surface area contributed by atoms with Gasteiger partial charge in [0.05, 0.1) is 5.02 Å². The van der Waals surface area contributed by atoms with Crippen molar-refractivity contribution in [2.45, 2.75) is 30.6 Å². The summed E-state index contributed by atoms with van der Waals surface area (Å²) in [6.07, 6.45) is 7.02. The zero-order valence-corrected chi connectivity index (χ0v) is 10.6. The number of pyridine rings is 1. The van der Waals surface area contributed by atoms with Crippen molar-refractivity contribution < 1.29 is 4.39 Å². The van der Waals surface area contributed by atoms with Crippen molar-refractivity contribution in [3.8, 4) is 0 Å². The molecule has 0 aliphatic heterocycles. The van der Waals surface area contributed by atoms with Gasteiger partial charge in [-0.15, -0.1) is 0 Å². The molecule has 0 aromatic carbocycles. The monoisotopic (exact) mass is 260 g/mol. The Labute approximate surface area is 104 Å². The first-order valence-corrected chi connectivity index (χ1v) is 6.97. The Kier molecular flexibility index (Phi) is 3.92. The molecule has 1 aromatic rings. The molecule has 0 bridgehead atoms.